The first-order valence-electron chi connectivity index (χ1n) is 10.3. The third-order valence-corrected chi connectivity index (χ3v) is 6.18. The van der Waals surface area contributed by atoms with E-state index in [1.165, 1.54) is 36.5 Å². The number of benzene rings is 1. The Balaban J connectivity index is 1.68. The molecule has 0 aliphatic carbocycles. The fourth-order valence-electron chi connectivity index (χ4n) is 2.97. The molecule has 2 heterocycles. The van der Waals surface area contributed by atoms with Crippen molar-refractivity contribution >= 4 is 21.9 Å². The maximum absolute atomic E-state index is 12.9. The molecule has 1 aromatic carbocycles. The van der Waals surface area contributed by atoms with Crippen molar-refractivity contribution in [3.8, 4) is 0 Å². The van der Waals surface area contributed by atoms with E-state index < -0.39 is 34.2 Å². The number of ether oxygens (including phenoxy) is 1. The Morgan fingerprint density at radius 3 is 2.71 bits per heavy atom. The Bertz CT molecular complexity index is 1080. The lowest BCUT2D eigenvalue weighted by atomic mass is 10.2. The number of carbonyl (C=O) groups is 2. The van der Waals surface area contributed by atoms with Gasteiger partial charge in [0.1, 0.15) is 6.29 Å². The van der Waals surface area contributed by atoms with Crippen LogP contribution < -0.4 is 26.0 Å². The van der Waals surface area contributed by atoms with E-state index in [1.54, 1.807) is 6.07 Å². The van der Waals surface area contributed by atoms with Crippen molar-refractivity contribution in [2.75, 3.05) is 26.3 Å². The summed E-state index contributed by atoms with van der Waals surface area (Å²) in [7, 11) is -4.35. The minimum absolute atomic E-state index is 0.0931. The van der Waals surface area contributed by atoms with Gasteiger partial charge >= 0.3 is 5.97 Å². The molecule has 6 N–H and O–H groups in total. The smallest absolute Gasteiger partial charge is 0.348 e. The SMILES string of the molecule is O=C(NC(COCCCNC1NC=CCN1)(NS(=O)(=O)c1ccccc1)C(=O)O)c1ccno1. The van der Waals surface area contributed by atoms with Gasteiger partial charge in [-0.2, -0.15) is 4.72 Å². The van der Waals surface area contributed by atoms with Gasteiger partial charge in [0.25, 0.3) is 5.91 Å². The number of nitrogens with one attached hydrogen (secondary N) is 5. The fraction of sp³-hybridized carbons (Fsp3) is 0.350. The van der Waals surface area contributed by atoms with Crippen LogP contribution in [0.2, 0.25) is 0 Å². The van der Waals surface area contributed by atoms with Gasteiger partial charge in [0.2, 0.25) is 21.4 Å². The van der Waals surface area contributed by atoms with Gasteiger partial charge in [0, 0.05) is 25.8 Å². The molecule has 0 radical (unpaired) electrons. The highest BCUT2D eigenvalue weighted by Gasteiger charge is 2.45. The number of hydrogen-bond donors (Lipinski definition) is 6. The molecule has 0 fully saturated rings. The zero-order valence-electron chi connectivity index (χ0n) is 18.1. The molecule has 0 saturated carbocycles. The lowest BCUT2D eigenvalue weighted by Crippen LogP contribution is -2.68. The van der Waals surface area contributed by atoms with Gasteiger partial charge in [-0.05, 0) is 24.8 Å². The Hall–Kier alpha value is -3.30. The van der Waals surface area contributed by atoms with Crippen molar-refractivity contribution in [1.29, 1.82) is 0 Å². The molecule has 2 unspecified atom stereocenters. The van der Waals surface area contributed by atoms with Crippen LogP contribution in [-0.4, -0.2) is 68.8 Å². The first-order chi connectivity index (χ1) is 16.3. The zero-order chi connectivity index (χ0) is 24.4. The van der Waals surface area contributed by atoms with E-state index in [-0.39, 0.29) is 23.6 Å². The van der Waals surface area contributed by atoms with Crippen molar-refractivity contribution in [2.45, 2.75) is 23.3 Å². The van der Waals surface area contributed by atoms with Crippen LogP contribution in [0, 0.1) is 0 Å². The summed E-state index contributed by atoms with van der Waals surface area (Å²) >= 11 is 0. The Morgan fingerprint density at radius 2 is 2.06 bits per heavy atom. The molecule has 1 aliphatic rings. The van der Waals surface area contributed by atoms with Crippen molar-refractivity contribution < 1.29 is 32.4 Å². The summed E-state index contributed by atoms with van der Waals surface area (Å²) in [5.74, 6) is -2.95. The van der Waals surface area contributed by atoms with Gasteiger partial charge in [-0.15, -0.1) is 0 Å². The van der Waals surface area contributed by atoms with E-state index in [0.717, 1.165) is 6.54 Å². The van der Waals surface area contributed by atoms with Crippen LogP contribution in [0.1, 0.15) is 17.0 Å². The minimum atomic E-state index is -4.35. The largest absolute Gasteiger partial charge is 0.478 e. The van der Waals surface area contributed by atoms with Crippen LogP contribution in [0.5, 0.6) is 0 Å². The second-order valence-electron chi connectivity index (χ2n) is 7.23. The highest BCUT2D eigenvalue weighted by molar-refractivity contribution is 7.89. The van der Waals surface area contributed by atoms with E-state index in [0.29, 0.717) is 13.0 Å². The van der Waals surface area contributed by atoms with Gasteiger partial charge in [0.05, 0.1) is 17.7 Å². The molecule has 0 spiro atoms. The van der Waals surface area contributed by atoms with Gasteiger partial charge < -0.3 is 25.0 Å². The number of sulfonamides is 1. The van der Waals surface area contributed by atoms with Gasteiger partial charge in [-0.3, -0.25) is 15.4 Å². The van der Waals surface area contributed by atoms with E-state index >= 15 is 0 Å². The number of carbonyl (C=O) groups excluding carboxylic acids is 1. The molecule has 1 aromatic heterocycles. The summed E-state index contributed by atoms with van der Waals surface area (Å²) in [6.07, 6.45) is 5.32. The van der Waals surface area contributed by atoms with Gasteiger partial charge in [-0.1, -0.05) is 29.4 Å². The third-order valence-electron chi connectivity index (χ3n) is 4.67. The van der Waals surface area contributed by atoms with E-state index in [1.807, 2.05) is 12.3 Å². The first kappa shape index (κ1) is 25.3. The number of carboxylic acid groups (broad SMARTS) is 1. The predicted octanol–water partition coefficient (Wildman–Crippen LogP) is -0.850. The highest BCUT2D eigenvalue weighted by Crippen LogP contribution is 2.14. The molecule has 14 heteroatoms. The average Bonchev–Trinajstić information content (AvgIpc) is 3.37. The molecule has 1 amide bonds. The molecular weight excluding hydrogens is 468 g/mol. The first-order valence-corrected chi connectivity index (χ1v) is 11.8. The molecule has 34 heavy (non-hydrogen) atoms. The summed E-state index contributed by atoms with van der Waals surface area (Å²) in [5.41, 5.74) is -2.51. The quantitative estimate of drug-likeness (QED) is 0.151. The number of amides is 1. The lowest BCUT2D eigenvalue weighted by Gasteiger charge is -2.30. The second-order valence-corrected chi connectivity index (χ2v) is 8.91. The molecule has 0 saturated heterocycles. The number of rotatable bonds is 13. The van der Waals surface area contributed by atoms with E-state index in [2.05, 4.69) is 31.1 Å². The van der Waals surface area contributed by atoms with E-state index in [9.17, 15) is 23.1 Å². The highest BCUT2D eigenvalue weighted by atomic mass is 32.2. The molecule has 2 aromatic rings. The standard InChI is InChI=1S/C20H26N6O7S/c27-17(16-8-12-24-33-16)25-20(18(28)29,26-34(30,31)15-6-2-1-3-7-15)14-32-13-5-11-23-19-21-9-4-10-22-19/h1-4,6-9,12,19,21-23,26H,5,10-11,13-14H2,(H,25,27)(H,28,29). The molecule has 3 rings (SSSR count). The summed E-state index contributed by atoms with van der Waals surface area (Å²) in [4.78, 5) is 24.6. The Kier molecular flexibility index (Phi) is 8.72. The number of aromatic nitrogens is 1. The maximum Gasteiger partial charge on any atom is 0.348 e. The number of nitrogens with zero attached hydrogens (tertiary/aromatic N) is 1. The van der Waals surface area contributed by atoms with Crippen LogP contribution in [0.3, 0.4) is 0 Å². The number of aliphatic carboxylic acids is 1. The molecule has 0 bridgehead atoms. The predicted molar refractivity (Wildman–Crippen MR) is 119 cm³/mol. The molecular formula is C20H26N6O7S. The molecule has 1 aliphatic heterocycles. The molecule has 13 nitrogen and oxygen atoms in total. The second kappa shape index (κ2) is 11.7. The van der Waals surface area contributed by atoms with E-state index in [4.69, 9.17) is 9.26 Å². The van der Waals surface area contributed by atoms with Crippen LogP contribution in [-0.2, 0) is 19.6 Å². The van der Waals surface area contributed by atoms with Crippen molar-refractivity contribution in [1.82, 2.24) is 31.1 Å². The summed E-state index contributed by atoms with van der Waals surface area (Å²) < 4.78 is 38.1. The average molecular weight is 495 g/mol. The maximum atomic E-state index is 12.9. The van der Waals surface area contributed by atoms with Crippen molar-refractivity contribution in [3.05, 3.63) is 60.6 Å². The van der Waals surface area contributed by atoms with Crippen LogP contribution >= 0.6 is 0 Å². The van der Waals surface area contributed by atoms with Crippen LogP contribution in [0.25, 0.3) is 0 Å². The number of carboxylic acids is 1. The van der Waals surface area contributed by atoms with Crippen molar-refractivity contribution in [3.63, 3.8) is 0 Å². The number of hydrogen-bond acceptors (Lipinski definition) is 10. The summed E-state index contributed by atoms with van der Waals surface area (Å²) in [6.45, 7) is 0.653. The van der Waals surface area contributed by atoms with Gasteiger partial charge in [0.15, 0.2) is 0 Å². The lowest BCUT2D eigenvalue weighted by molar-refractivity contribution is -0.148. The molecule has 2 atom stereocenters. The topological polar surface area (TPSA) is 184 Å². The Morgan fingerprint density at radius 1 is 1.26 bits per heavy atom. The third kappa shape index (κ3) is 6.85. The summed E-state index contributed by atoms with van der Waals surface area (Å²) in [5, 5.41) is 24.9. The van der Waals surface area contributed by atoms with Crippen LogP contribution in [0.15, 0.2) is 64.3 Å². The Labute approximate surface area is 196 Å². The van der Waals surface area contributed by atoms with Crippen LogP contribution in [0.4, 0.5) is 0 Å². The molecule has 184 valence electrons. The minimum Gasteiger partial charge on any atom is -0.478 e. The van der Waals surface area contributed by atoms with Gasteiger partial charge in [-0.25, -0.2) is 13.2 Å². The summed E-state index contributed by atoms with van der Waals surface area (Å²) in [6, 6.07) is 8.38. The van der Waals surface area contributed by atoms with Crippen molar-refractivity contribution in [2.24, 2.45) is 0 Å². The zero-order valence-corrected chi connectivity index (χ0v) is 18.9. The fourth-order valence-corrected chi connectivity index (χ4v) is 4.26. The monoisotopic (exact) mass is 494 g/mol. The normalized spacial score (nSPS) is 17.5.